The molecule has 1 fully saturated rings. The minimum absolute atomic E-state index is 0.550. The van der Waals surface area contributed by atoms with Crippen LogP contribution in [0.2, 0.25) is 0 Å². The maximum absolute atomic E-state index is 5.86. The molecule has 1 aliphatic heterocycles. The molecule has 1 heterocycles. The third-order valence-electron chi connectivity index (χ3n) is 5.03. The Morgan fingerprint density at radius 3 is 2.70 bits per heavy atom. The molecule has 0 amide bonds. The summed E-state index contributed by atoms with van der Waals surface area (Å²) in [6.07, 6.45) is 2.62. The molecule has 1 aromatic carbocycles. The Labute approximate surface area is 164 Å². The van der Waals surface area contributed by atoms with Gasteiger partial charge in [-0.3, -0.25) is 4.99 Å². The molecule has 1 aliphatic rings. The lowest BCUT2D eigenvalue weighted by molar-refractivity contribution is 0.145. The summed E-state index contributed by atoms with van der Waals surface area (Å²) < 4.78 is 10.9. The van der Waals surface area contributed by atoms with E-state index in [9.17, 15) is 0 Å². The van der Waals surface area contributed by atoms with Crippen LogP contribution in [0.5, 0.6) is 5.75 Å². The molecule has 1 aromatic rings. The van der Waals surface area contributed by atoms with Gasteiger partial charge < -0.3 is 25.0 Å². The smallest absolute Gasteiger partial charge is 0.191 e. The molecule has 2 N–H and O–H groups in total. The van der Waals surface area contributed by atoms with E-state index in [1.165, 1.54) is 31.5 Å². The number of methoxy groups -OCH3 is 1. The van der Waals surface area contributed by atoms with Crippen molar-refractivity contribution in [2.45, 2.75) is 33.2 Å². The number of nitrogens with zero attached hydrogens (tertiary/aromatic N) is 2. The van der Waals surface area contributed by atoms with Gasteiger partial charge in [-0.25, -0.2) is 0 Å². The van der Waals surface area contributed by atoms with Crippen LogP contribution < -0.4 is 15.4 Å². The van der Waals surface area contributed by atoms with Gasteiger partial charge in [-0.1, -0.05) is 19.1 Å². The number of hydrogen-bond donors (Lipinski definition) is 2. The summed E-state index contributed by atoms with van der Waals surface area (Å²) in [6.45, 7) is 10.6. The number of aliphatic imine (C=N–C) groups is 1. The number of piperidine rings is 1. The number of likely N-dealkylation sites (tertiary alicyclic amines) is 1. The van der Waals surface area contributed by atoms with E-state index in [2.05, 4.69) is 52.6 Å². The molecule has 152 valence electrons. The summed E-state index contributed by atoms with van der Waals surface area (Å²) >= 11 is 0. The Hall–Kier alpha value is -1.79. The Balaban J connectivity index is 1.78. The van der Waals surface area contributed by atoms with E-state index in [-0.39, 0.29) is 0 Å². The highest BCUT2D eigenvalue weighted by atomic mass is 16.5. The molecule has 6 nitrogen and oxygen atoms in total. The molecule has 0 spiro atoms. The summed E-state index contributed by atoms with van der Waals surface area (Å²) in [7, 11) is 3.49. The van der Waals surface area contributed by atoms with Gasteiger partial charge in [-0.05, 0) is 50.4 Å². The Bertz CT molecular complexity index is 584. The third-order valence-corrected chi connectivity index (χ3v) is 5.03. The molecular weight excluding hydrogens is 340 g/mol. The van der Waals surface area contributed by atoms with Gasteiger partial charge in [0.15, 0.2) is 5.96 Å². The van der Waals surface area contributed by atoms with Crippen LogP contribution in [0, 0.1) is 12.8 Å². The van der Waals surface area contributed by atoms with Crippen molar-refractivity contribution in [3.05, 3.63) is 29.3 Å². The standard InChI is InChI=1S/C21H36N4O2/c1-17-7-10-25(11-8-17)12-9-23-21(22-3)24-16-19-6-5-18(2)15-20(19)27-14-13-26-4/h5-6,15,17H,7-14,16H2,1-4H3,(H2,22,23,24). The van der Waals surface area contributed by atoms with Gasteiger partial charge in [0, 0.05) is 39.4 Å². The van der Waals surface area contributed by atoms with E-state index in [0.717, 1.165) is 36.3 Å². The number of ether oxygens (including phenoxy) is 2. The summed E-state index contributed by atoms with van der Waals surface area (Å²) in [5.74, 6) is 2.60. The average molecular weight is 377 g/mol. The minimum atomic E-state index is 0.550. The summed E-state index contributed by atoms with van der Waals surface area (Å²) in [4.78, 5) is 6.87. The zero-order valence-electron chi connectivity index (χ0n) is 17.4. The molecule has 27 heavy (non-hydrogen) atoms. The number of benzene rings is 1. The molecule has 0 aromatic heterocycles. The first kappa shape index (κ1) is 21.5. The molecule has 2 rings (SSSR count). The lowest BCUT2D eigenvalue weighted by atomic mass is 9.99. The van der Waals surface area contributed by atoms with E-state index in [1.54, 1.807) is 7.11 Å². The quantitative estimate of drug-likeness (QED) is 0.394. The van der Waals surface area contributed by atoms with Crippen LogP contribution in [0.25, 0.3) is 0 Å². The second-order valence-corrected chi connectivity index (χ2v) is 7.33. The van der Waals surface area contributed by atoms with Crippen LogP contribution in [0.4, 0.5) is 0 Å². The largest absolute Gasteiger partial charge is 0.491 e. The van der Waals surface area contributed by atoms with Crippen LogP contribution in [-0.2, 0) is 11.3 Å². The van der Waals surface area contributed by atoms with E-state index in [0.29, 0.717) is 19.8 Å². The maximum atomic E-state index is 5.86. The van der Waals surface area contributed by atoms with Gasteiger partial charge in [-0.2, -0.15) is 0 Å². The molecule has 1 saturated heterocycles. The van der Waals surface area contributed by atoms with Gasteiger partial charge >= 0.3 is 0 Å². The molecule has 0 bridgehead atoms. The lowest BCUT2D eigenvalue weighted by Crippen LogP contribution is -2.43. The van der Waals surface area contributed by atoms with Crippen LogP contribution in [0.15, 0.2) is 23.2 Å². The van der Waals surface area contributed by atoms with E-state index in [4.69, 9.17) is 9.47 Å². The highest BCUT2D eigenvalue weighted by molar-refractivity contribution is 5.79. The molecule has 6 heteroatoms. The Morgan fingerprint density at radius 2 is 2.00 bits per heavy atom. The Morgan fingerprint density at radius 1 is 1.22 bits per heavy atom. The number of hydrogen-bond acceptors (Lipinski definition) is 4. The first-order chi connectivity index (χ1) is 13.1. The van der Waals surface area contributed by atoms with Crippen molar-refractivity contribution in [1.82, 2.24) is 15.5 Å². The number of guanidine groups is 1. The number of nitrogens with one attached hydrogen (secondary N) is 2. The fourth-order valence-corrected chi connectivity index (χ4v) is 3.19. The zero-order chi connectivity index (χ0) is 19.5. The SMILES string of the molecule is CN=C(NCCN1CCC(C)CC1)NCc1ccc(C)cc1OCCOC. The number of rotatable bonds is 9. The van der Waals surface area contributed by atoms with Crippen LogP contribution >= 0.6 is 0 Å². The topological polar surface area (TPSA) is 58.1 Å². The normalized spacial score (nSPS) is 16.4. The second-order valence-electron chi connectivity index (χ2n) is 7.33. The van der Waals surface area contributed by atoms with Gasteiger partial charge in [0.25, 0.3) is 0 Å². The second kappa shape index (κ2) is 11.8. The van der Waals surface area contributed by atoms with Gasteiger partial charge in [0.05, 0.1) is 6.61 Å². The maximum Gasteiger partial charge on any atom is 0.191 e. The zero-order valence-corrected chi connectivity index (χ0v) is 17.4. The lowest BCUT2D eigenvalue weighted by Gasteiger charge is -2.30. The van der Waals surface area contributed by atoms with Crippen LogP contribution in [0.1, 0.15) is 30.9 Å². The van der Waals surface area contributed by atoms with E-state index in [1.807, 2.05) is 7.05 Å². The molecular formula is C21H36N4O2. The van der Waals surface area contributed by atoms with E-state index >= 15 is 0 Å². The van der Waals surface area contributed by atoms with E-state index < -0.39 is 0 Å². The highest BCUT2D eigenvalue weighted by Crippen LogP contribution is 2.20. The summed E-state index contributed by atoms with van der Waals surface area (Å²) in [5, 5.41) is 6.81. The molecule has 0 saturated carbocycles. The van der Waals surface area contributed by atoms with Crippen molar-refractivity contribution < 1.29 is 9.47 Å². The monoisotopic (exact) mass is 376 g/mol. The van der Waals surface area contributed by atoms with Gasteiger partial charge in [-0.15, -0.1) is 0 Å². The van der Waals surface area contributed by atoms with Crippen LogP contribution in [0.3, 0.4) is 0 Å². The predicted molar refractivity (Wildman–Crippen MR) is 112 cm³/mol. The van der Waals surface area contributed by atoms with Gasteiger partial charge in [0.2, 0.25) is 0 Å². The Kier molecular flexibility index (Phi) is 9.42. The molecule has 0 atom stereocenters. The third kappa shape index (κ3) is 7.77. The van der Waals surface area contributed by atoms with Crippen molar-refractivity contribution in [2.75, 3.05) is 53.6 Å². The molecule has 0 radical (unpaired) electrons. The fraction of sp³-hybridized carbons (Fsp3) is 0.667. The van der Waals surface area contributed by atoms with Crippen molar-refractivity contribution in [2.24, 2.45) is 10.9 Å². The highest BCUT2D eigenvalue weighted by Gasteiger charge is 2.15. The van der Waals surface area contributed by atoms with Crippen molar-refractivity contribution in [3.63, 3.8) is 0 Å². The van der Waals surface area contributed by atoms with Crippen molar-refractivity contribution in [3.8, 4) is 5.75 Å². The van der Waals surface area contributed by atoms with Gasteiger partial charge in [0.1, 0.15) is 12.4 Å². The first-order valence-corrected chi connectivity index (χ1v) is 10.0. The average Bonchev–Trinajstić information content (AvgIpc) is 2.67. The molecule has 0 aliphatic carbocycles. The number of aryl methyl sites for hydroxylation is 1. The van der Waals surface area contributed by atoms with Crippen LogP contribution in [-0.4, -0.2) is 64.4 Å². The van der Waals surface area contributed by atoms with Crippen molar-refractivity contribution in [1.29, 1.82) is 0 Å². The summed E-state index contributed by atoms with van der Waals surface area (Å²) in [6, 6.07) is 6.28. The molecule has 0 unspecified atom stereocenters. The minimum Gasteiger partial charge on any atom is -0.491 e. The fourth-order valence-electron chi connectivity index (χ4n) is 3.19. The predicted octanol–water partition coefficient (Wildman–Crippen LogP) is 2.42. The summed E-state index contributed by atoms with van der Waals surface area (Å²) in [5.41, 5.74) is 2.30. The van der Waals surface area contributed by atoms with Crippen molar-refractivity contribution >= 4 is 5.96 Å². The first-order valence-electron chi connectivity index (χ1n) is 10.0.